The van der Waals surface area contributed by atoms with Crippen LogP contribution in [0.15, 0.2) is 77.9 Å². The van der Waals surface area contributed by atoms with Crippen LogP contribution in [0.3, 0.4) is 0 Å². The number of amides is 2. The van der Waals surface area contributed by atoms with Crippen LogP contribution in [-0.4, -0.2) is 23.0 Å². The van der Waals surface area contributed by atoms with Crippen molar-refractivity contribution < 1.29 is 14.5 Å². The zero-order chi connectivity index (χ0) is 24.0. The van der Waals surface area contributed by atoms with Crippen LogP contribution in [-0.2, 0) is 5.41 Å². The molecule has 3 aromatic rings. The van der Waals surface area contributed by atoms with Gasteiger partial charge in [-0.1, -0.05) is 45.0 Å². The molecule has 33 heavy (non-hydrogen) atoms. The molecule has 0 unspecified atom stereocenters. The molecule has 0 saturated carbocycles. The lowest BCUT2D eigenvalue weighted by atomic mass is 9.87. The van der Waals surface area contributed by atoms with Crippen molar-refractivity contribution in [2.45, 2.75) is 26.2 Å². The number of non-ortho nitro benzene ring substituents is 1. The average Bonchev–Trinajstić information content (AvgIpc) is 2.79. The summed E-state index contributed by atoms with van der Waals surface area (Å²) >= 11 is 0. The van der Waals surface area contributed by atoms with E-state index in [1.807, 2.05) is 12.1 Å². The fourth-order valence-corrected chi connectivity index (χ4v) is 2.98. The lowest BCUT2D eigenvalue weighted by molar-refractivity contribution is -0.384. The largest absolute Gasteiger partial charge is 0.322 e. The van der Waals surface area contributed by atoms with E-state index in [0.29, 0.717) is 22.4 Å². The van der Waals surface area contributed by atoms with E-state index in [0.717, 1.165) is 5.56 Å². The number of carbonyl (C=O) groups excluding carboxylic acids is 2. The van der Waals surface area contributed by atoms with Crippen LogP contribution < -0.4 is 10.7 Å². The highest BCUT2D eigenvalue weighted by molar-refractivity contribution is 6.04. The molecule has 0 aliphatic carbocycles. The zero-order valence-electron chi connectivity index (χ0n) is 18.5. The van der Waals surface area contributed by atoms with Gasteiger partial charge in [0.1, 0.15) is 0 Å². The first-order valence-corrected chi connectivity index (χ1v) is 10.2. The van der Waals surface area contributed by atoms with Gasteiger partial charge in [-0.2, -0.15) is 5.10 Å². The summed E-state index contributed by atoms with van der Waals surface area (Å²) in [6, 6.07) is 19.7. The first kappa shape index (κ1) is 23.3. The van der Waals surface area contributed by atoms with Gasteiger partial charge in [-0.3, -0.25) is 19.7 Å². The fourth-order valence-electron chi connectivity index (χ4n) is 2.98. The van der Waals surface area contributed by atoms with Crippen LogP contribution >= 0.6 is 0 Å². The Balaban J connectivity index is 1.58. The van der Waals surface area contributed by atoms with Gasteiger partial charge < -0.3 is 5.32 Å². The Morgan fingerprint density at radius 1 is 0.909 bits per heavy atom. The van der Waals surface area contributed by atoms with E-state index in [2.05, 4.69) is 36.6 Å². The molecule has 0 spiro atoms. The number of rotatable bonds is 6. The van der Waals surface area contributed by atoms with Gasteiger partial charge in [-0.25, -0.2) is 5.43 Å². The Hall–Kier alpha value is -4.33. The maximum absolute atomic E-state index is 12.5. The topological polar surface area (TPSA) is 114 Å². The molecule has 0 heterocycles. The molecule has 0 aliphatic rings. The molecule has 8 heteroatoms. The third kappa shape index (κ3) is 6.33. The number of nitro benzene ring substituents is 1. The van der Waals surface area contributed by atoms with E-state index >= 15 is 0 Å². The predicted molar refractivity (Wildman–Crippen MR) is 128 cm³/mol. The number of hydrazone groups is 1. The number of benzene rings is 3. The molecule has 168 valence electrons. The Kier molecular flexibility index (Phi) is 6.97. The van der Waals surface area contributed by atoms with E-state index in [4.69, 9.17) is 0 Å². The van der Waals surface area contributed by atoms with Crippen LogP contribution in [0.4, 0.5) is 11.4 Å². The molecular formula is C25H24N4O4. The number of hydrogen-bond acceptors (Lipinski definition) is 5. The number of nitro groups is 1. The number of anilines is 1. The molecule has 0 fully saturated rings. The van der Waals surface area contributed by atoms with Crippen LogP contribution in [0.25, 0.3) is 0 Å². The predicted octanol–water partition coefficient (Wildman–Crippen LogP) is 4.91. The second-order valence-electron chi connectivity index (χ2n) is 8.41. The van der Waals surface area contributed by atoms with Crippen molar-refractivity contribution in [1.29, 1.82) is 0 Å². The van der Waals surface area contributed by atoms with Crippen molar-refractivity contribution >= 4 is 29.4 Å². The van der Waals surface area contributed by atoms with Crippen molar-refractivity contribution in [3.63, 3.8) is 0 Å². The molecule has 3 rings (SSSR count). The van der Waals surface area contributed by atoms with Gasteiger partial charge in [-0.05, 0) is 47.4 Å². The van der Waals surface area contributed by atoms with Gasteiger partial charge in [-0.15, -0.1) is 0 Å². The smallest absolute Gasteiger partial charge is 0.271 e. The summed E-state index contributed by atoms with van der Waals surface area (Å²) in [4.78, 5) is 35.0. The molecule has 8 nitrogen and oxygen atoms in total. The fraction of sp³-hybridized carbons (Fsp3) is 0.160. The molecule has 0 aliphatic heterocycles. The minimum Gasteiger partial charge on any atom is -0.322 e. The maximum Gasteiger partial charge on any atom is 0.271 e. The average molecular weight is 444 g/mol. The molecule has 2 N–H and O–H groups in total. The molecule has 0 radical (unpaired) electrons. The summed E-state index contributed by atoms with van der Waals surface area (Å²) in [5.74, 6) is -0.693. The Morgan fingerprint density at radius 2 is 1.52 bits per heavy atom. The van der Waals surface area contributed by atoms with Gasteiger partial charge in [0, 0.05) is 34.5 Å². The maximum atomic E-state index is 12.5. The second kappa shape index (κ2) is 9.86. The first-order chi connectivity index (χ1) is 15.6. The van der Waals surface area contributed by atoms with Crippen LogP contribution in [0.1, 0.15) is 52.6 Å². The van der Waals surface area contributed by atoms with Crippen LogP contribution in [0.5, 0.6) is 0 Å². The number of nitrogens with zero attached hydrogens (tertiary/aromatic N) is 2. The van der Waals surface area contributed by atoms with E-state index in [1.54, 1.807) is 42.5 Å². The third-order valence-electron chi connectivity index (χ3n) is 4.88. The van der Waals surface area contributed by atoms with Gasteiger partial charge in [0.25, 0.3) is 17.5 Å². The van der Waals surface area contributed by atoms with E-state index in [9.17, 15) is 19.7 Å². The lowest BCUT2D eigenvalue weighted by Gasteiger charge is -2.19. The highest BCUT2D eigenvalue weighted by Gasteiger charge is 2.14. The molecule has 0 atom stereocenters. The lowest BCUT2D eigenvalue weighted by Crippen LogP contribution is -2.18. The normalized spacial score (nSPS) is 11.2. The van der Waals surface area contributed by atoms with Crippen molar-refractivity contribution in [2.24, 2.45) is 5.10 Å². The molecular weight excluding hydrogens is 420 g/mol. The monoisotopic (exact) mass is 444 g/mol. The standard InChI is InChI=1S/C25H24N4O4/c1-25(2,3)20-11-7-18(8-12-20)23(30)27-21-13-9-19(10-14-21)24(31)28-26-16-17-5-4-6-22(15-17)29(32)33/h4-16H,1-3H3,(H,27,30)(H,28,31)/b26-16+. The summed E-state index contributed by atoms with van der Waals surface area (Å²) in [7, 11) is 0. The molecule has 0 saturated heterocycles. The van der Waals surface area contributed by atoms with E-state index in [-0.39, 0.29) is 17.0 Å². The minimum atomic E-state index is -0.503. The number of hydrogen-bond donors (Lipinski definition) is 2. The van der Waals surface area contributed by atoms with Crippen molar-refractivity contribution in [1.82, 2.24) is 5.43 Å². The molecule has 3 aromatic carbocycles. The van der Waals surface area contributed by atoms with Crippen molar-refractivity contribution in [3.8, 4) is 0 Å². The van der Waals surface area contributed by atoms with Crippen LogP contribution in [0, 0.1) is 10.1 Å². The molecule has 0 bridgehead atoms. The summed E-state index contributed by atoms with van der Waals surface area (Å²) in [5, 5.41) is 17.5. The Morgan fingerprint density at radius 3 is 2.12 bits per heavy atom. The van der Waals surface area contributed by atoms with Gasteiger partial charge in [0.2, 0.25) is 0 Å². The number of nitrogens with one attached hydrogen (secondary N) is 2. The molecule has 2 amide bonds. The van der Waals surface area contributed by atoms with E-state index < -0.39 is 10.8 Å². The van der Waals surface area contributed by atoms with Gasteiger partial charge in [0.05, 0.1) is 11.1 Å². The zero-order valence-corrected chi connectivity index (χ0v) is 18.5. The van der Waals surface area contributed by atoms with Crippen molar-refractivity contribution in [3.05, 3.63) is 105 Å². The van der Waals surface area contributed by atoms with Crippen molar-refractivity contribution in [2.75, 3.05) is 5.32 Å². The van der Waals surface area contributed by atoms with Gasteiger partial charge >= 0.3 is 0 Å². The summed E-state index contributed by atoms with van der Waals surface area (Å²) < 4.78 is 0. The summed E-state index contributed by atoms with van der Waals surface area (Å²) in [5.41, 5.74) is 5.39. The highest BCUT2D eigenvalue weighted by atomic mass is 16.6. The summed E-state index contributed by atoms with van der Waals surface area (Å²) in [6.07, 6.45) is 1.32. The third-order valence-corrected chi connectivity index (χ3v) is 4.88. The van der Waals surface area contributed by atoms with Crippen LogP contribution in [0.2, 0.25) is 0 Å². The first-order valence-electron chi connectivity index (χ1n) is 10.2. The quantitative estimate of drug-likeness (QED) is 0.319. The SMILES string of the molecule is CC(C)(C)c1ccc(C(=O)Nc2ccc(C(=O)N/N=C/c3cccc([N+](=O)[O-])c3)cc2)cc1. The second-order valence-corrected chi connectivity index (χ2v) is 8.41. The van der Waals surface area contributed by atoms with E-state index in [1.165, 1.54) is 24.4 Å². The Labute approximate surface area is 191 Å². The minimum absolute atomic E-state index is 0.00845. The molecule has 0 aromatic heterocycles. The highest BCUT2D eigenvalue weighted by Crippen LogP contribution is 2.22. The number of carbonyl (C=O) groups is 2. The Bertz CT molecular complexity index is 1190. The summed E-state index contributed by atoms with van der Waals surface area (Å²) in [6.45, 7) is 6.33. The van der Waals surface area contributed by atoms with Gasteiger partial charge in [0.15, 0.2) is 0 Å².